The average Bonchev–Trinajstić information content (AvgIpc) is 2.92. The van der Waals surface area contributed by atoms with E-state index in [0.29, 0.717) is 27.4 Å². The van der Waals surface area contributed by atoms with Crippen molar-refractivity contribution in [2.24, 2.45) is 11.8 Å². The van der Waals surface area contributed by atoms with E-state index in [1.54, 1.807) is 18.2 Å². The molecule has 3 unspecified atom stereocenters. The summed E-state index contributed by atoms with van der Waals surface area (Å²) in [7, 11) is 0. The molecule has 1 N–H and O–H groups in total. The lowest BCUT2D eigenvalue weighted by Gasteiger charge is -2.25. The minimum Gasteiger partial charge on any atom is -0.335 e. The first-order chi connectivity index (χ1) is 9.09. The fraction of sp³-hybridized carbons (Fsp3) is 0.500. The number of nitrogens with zero attached hydrogens (tertiary/aromatic N) is 1. The Morgan fingerprint density at radius 1 is 1.32 bits per heavy atom. The van der Waals surface area contributed by atoms with Gasteiger partial charge < -0.3 is 10.2 Å². The Kier molecular flexibility index (Phi) is 3.46. The molecule has 19 heavy (non-hydrogen) atoms. The van der Waals surface area contributed by atoms with Crippen LogP contribution in [0.4, 0.5) is 0 Å². The van der Waals surface area contributed by atoms with Crippen molar-refractivity contribution >= 4 is 29.1 Å². The van der Waals surface area contributed by atoms with Gasteiger partial charge in [-0.05, 0) is 30.9 Å². The van der Waals surface area contributed by atoms with Crippen molar-refractivity contribution in [2.75, 3.05) is 19.6 Å². The third-order valence-electron chi connectivity index (χ3n) is 4.37. The van der Waals surface area contributed by atoms with E-state index in [-0.39, 0.29) is 11.9 Å². The molecule has 2 saturated heterocycles. The number of hydrogen-bond donors (Lipinski definition) is 1. The zero-order valence-electron chi connectivity index (χ0n) is 10.7. The van der Waals surface area contributed by atoms with Gasteiger partial charge in [-0.25, -0.2) is 0 Å². The summed E-state index contributed by atoms with van der Waals surface area (Å²) in [4.78, 5) is 14.6. The van der Waals surface area contributed by atoms with Gasteiger partial charge in [-0.15, -0.1) is 0 Å². The smallest absolute Gasteiger partial charge is 0.257 e. The largest absolute Gasteiger partial charge is 0.335 e. The second-order valence-electron chi connectivity index (χ2n) is 5.38. The van der Waals surface area contributed by atoms with Gasteiger partial charge in [0.25, 0.3) is 5.91 Å². The van der Waals surface area contributed by atoms with Crippen LogP contribution in [0.15, 0.2) is 18.2 Å². The molecular formula is C14H16Cl2N2O. The van der Waals surface area contributed by atoms with Crippen LogP contribution in [-0.4, -0.2) is 36.5 Å². The van der Waals surface area contributed by atoms with Gasteiger partial charge in [0.15, 0.2) is 0 Å². The molecule has 0 aromatic heterocycles. The maximum Gasteiger partial charge on any atom is 0.257 e. The summed E-state index contributed by atoms with van der Waals surface area (Å²) in [5.74, 6) is 1.06. The van der Waals surface area contributed by atoms with Crippen LogP contribution in [0.1, 0.15) is 17.3 Å². The monoisotopic (exact) mass is 298 g/mol. The summed E-state index contributed by atoms with van der Waals surface area (Å²) in [6.45, 7) is 4.89. The highest BCUT2D eigenvalue weighted by atomic mass is 35.5. The lowest BCUT2D eigenvalue weighted by molar-refractivity contribution is 0.0729. The molecule has 3 nitrogen and oxygen atoms in total. The molecule has 2 aliphatic heterocycles. The Bertz CT molecular complexity index is 500. The minimum absolute atomic E-state index is 0.0440. The number of carbonyl (C=O) groups excluding carboxylic acids is 1. The van der Waals surface area contributed by atoms with Crippen molar-refractivity contribution in [3.8, 4) is 0 Å². The number of rotatable bonds is 1. The van der Waals surface area contributed by atoms with Crippen LogP contribution < -0.4 is 5.32 Å². The van der Waals surface area contributed by atoms with Crippen LogP contribution in [0.25, 0.3) is 0 Å². The van der Waals surface area contributed by atoms with Crippen molar-refractivity contribution in [1.29, 1.82) is 0 Å². The van der Waals surface area contributed by atoms with Gasteiger partial charge >= 0.3 is 0 Å². The summed E-state index contributed by atoms with van der Waals surface area (Å²) in [6, 6.07) is 5.42. The molecule has 0 bridgehead atoms. The van der Waals surface area contributed by atoms with Gasteiger partial charge in [0.1, 0.15) is 0 Å². The standard InChI is InChI=1S/C14H16Cl2N2O/c1-8-10-6-17-5-9(10)7-18(8)14(19)13-11(15)3-2-4-12(13)16/h2-4,8-10,17H,5-7H2,1H3. The fourth-order valence-electron chi connectivity index (χ4n) is 3.28. The Labute approximate surface area is 122 Å². The van der Waals surface area contributed by atoms with Gasteiger partial charge in [0, 0.05) is 25.7 Å². The quantitative estimate of drug-likeness (QED) is 0.864. The lowest BCUT2D eigenvalue weighted by Crippen LogP contribution is -2.38. The first-order valence-corrected chi connectivity index (χ1v) is 7.31. The van der Waals surface area contributed by atoms with Gasteiger partial charge in [-0.1, -0.05) is 29.3 Å². The second kappa shape index (κ2) is 4.97. The van der Waals surface area contributed by atoms with Crippen LogP contribution in [-0.2, 0) is 0 Å². The molecule has 1 aromatic carbocycles. The van der Waals surface area contributed by atoms with E-state index >= 15 is 0 Å². The van der Waals surface area contributed by atoms with E-state index in [1.165, 1.54) is 0 Å². The molecule has 0 aliphatic carbocycles. The molecule has 2 fully saturated rings. The third kappa shape index (κ3) is 2.14. The number of hydrogen-bond acceptors (Lipinski definition) is 2. The van der Waals surface area contributed by atoms with Crippen molar-refractivity contribution in [1.82, 2.24) is 10.2 Å². The van der Waals surface area contributed by atoms with Crippen molar-refractivity contribution < 1.29 is 4.79 Å². The molecule has 3 atom stereocenters. The van der Waals surface area contributed by atoms with Crippen molar-refractivity contribution in [3.63, 3.8) is 0 Å². The van der Waals surface area contributed by atoms with Crippen LogP contribution in [0, 0.1) is 11.8 Å². The Morgan fingerprint density at radius 2 is 2.00 bits per heavy atom. The summed E-state index contributed by atoms with van der Waals surface area (Å²) >= 11 is 12.3. The normalized spacial score (nSPS) is 29.6. The van der Waals surface area contributed by atoms with Gasteiger partial charge in [0.05, 0.1) is 15.6 Å². The molecule has 1 aromatic rings. The summed E-state index contributed by atoms with van der Waals surface area (Å²) < 4.78 is 0. The highest BCUT2D eigenvalue weighted by Gasteiger charge is 2.44. The fourth-order valence-corrected chi connectivity index (χ4v) is 3.84. The number of likely N-dealkylation sites (tertiary alicyclic amines) is 1. The first kappa shape index (κ1) is 13.2. The van der Waals surface area contributed by atoms with Gasteiger partial charge in [0.2, 0.25) is 0 Å². The highest BCUT2D eigenvalue weighted by Crippen LogP contribution is 2.35. The Hall–Kier alpha value is -0.770. The lowest BCUT2D eigenvalue weighted by atomic mass is 9.95. The number of carbonyl (C=O) groups is 1. The van der Waals surface area contributed by atoms with Crippen molar-refractivity contribution in [3.05, 3.63) is 33.8 Å². The summed E-state index contributed by atoms with van der Waals surface area (Å²) in [6.07, 6.45) is 0. The molecule has 3 rings (SSSR count). The molecule has 1 amide bonds. The second-order valence-corrected chi connectivity index (χ2v) is 6.19. The maximum absolute atomic E-state index is 12.7. The molecule has 0 radical (unpaired) electrons. The molecular weight excluding hydrogens is 283 g/mol. The van der Waals surface area contributed by atoms with E-state index in [9.17, 15) is 4.79 Å². The number of fused-ring (bicyclic) bond motifs is 1. The number of nitrogens with one attached hydrogen (secondary N) is 1. The zero-order chi connectivity index (χ0) is 13.6. The first-order valence-electron chi connectivity index (χ1n) is 6.55. The molecule has 2 aliphatic rings. The number of halogens is 2. The van der Waals surface area contributed by atoms with Crippen LogP contribution in [0.5, 0.6) is 0 Å². The van der Waals surface area contributed by atoms with Gasteiger partial charge in [-0.3, -0.25) is 4.79 Å². The Balaban J connectivity index is 1.89. The molecule has 102 valence electrons. The molecule has 0 saturated carbocycles. The third-order valence-corrected chi connectivity index (χ3v) is 5.00. The highest BCUT2D eigenvalue weighted by molar-refractivity contribution is 6.39. The number of benzene rings is 1. The molecule has 0 spiro atoms. The predicted octanol–water partition coefficient (Wildman–Crippen LogP) is 2.67. The van der Waals surface area contributed by atoms with Crippen LogP contribution in [0.2, 0.25) is 10.0 Å². The predicted molar refractivity (Wildman–Crippen MR) is 76.8 cm³/mol. The topological polar surface area (TPSA) is 32.3 Å². The minimum atomic E-state index is -0.0440. The zero-order valence-corrected chi connectivity index (χ0v) is 12.2. The SMILES string of the molecule is CC1C2CNCC2CN1C(=O)c1c(Cl)cccc1Cl. The van der Waals surface area contributed by atoms with Crippen LogP contribution >= 0.6 is 23.2 Å². The average molecular weight is 299 g/mol. The van der Waals surface area contributed by atoms with Crippen LogP contribution in [0.3, 0.4) is 0 Å². The van der Waals surface area contributed by atoms with Crippen molar-refractivity contribution in [2.45, 2.75) is 13.0 Å². The number of amides is 1. The van der Waals surface area contributed by atoms with E-state index in [2.05, 4.69) is 12.2 Å². The van der Waals surface area contributed by atoms with E-state index in [0.717, 1.165) is 19.6 Å². The maximum atomic E-state index is 12.7. The van der Waals surface area contributed by atoms with E-state index in [4.69, 9.17) is 23.2 Å². The summed E-state index contributed by atoms with van der Waals surface area (Å²) in [5.41, 5.74) is 0.436. The molecule has 5 heteroatoms. The van der Waals surface area contributed by atoms with E-state index in [1.807, 2.05) is 4.90 Å². The van der Waals surface area contributed by atoms with E-state index < -0.39 is 0 Å². The molecule has 2 heterocycles. The summed E-state index contributed by atoms with van der Waals surface area (Å²) in [5, 5.41) is 4.25. The van der Waals surface area contributed by atoms with Gasteiger partial charge in [-0.2, -0.15) is 0 Å². The Morgan fingerprint density at radius 3 is 2.63 bits per heavy atom.